The molecule has 4 nitrogen and oxygen atoms in total. The molecule has 17 heavy (non-hydrogen) atoms. The fourth-order valence-electron chi connectivity index (χ4n) is 1.15. The summed E-state index contributed by atoms with van der Waals surface area (Å²) in [5, 5.41) is 8.80. The third-order valence-electron chi connectivity index (χ3n) is 1.71. The molecule has 0 unspecified atom stereocenters. The van der Waals surface area contributed by atoms with Gasteiger partial charge in [0.1, 0.15) is 17.1 Å². The van der Waals surface area contributed by atoms with Gasteiger partial charge in [-0.05, 0) is 25.1 Å². The molecule has 0 spiro atoms. The number of ether oxygens (including phenoxy) is 2. The molecule has 1 aromatic rings. The van der Waals surface area contributed by atoms with Crippen LogP contribution in [0.3, 0.4) is 0 Å². The van der Waals surface area contributed by atoms with Gasteiger partial charge in [0.25, 0.3) is 0 Å². The Kier molecular flexibility index (Phi) is 3.82. The first kappa shape index (κ1) is 13.1. The summed E-state index contributed by atoms with van der Waals surface area (Å²) in [5.41, 5.74) is -0.381. The maximum atomic E-state index is 11.9. The summed E-state index contributed by atoms with van der Waals surface area (Å²) in [7, 11) is 0. The molecule has 0 radical (unpaired) electrons. The first-order chi connectivity index (χ1) is 7.83. The molecule has 0 aliphatic carbocycles. The fourth-order valence-corrected chi connectivity index (χ4v) is 1.15. The third kappa shape index (κ3) is 3.86. The minimum atomic E-state index is -4.86. The Morgan fingerprint density at radius 3 is 2.53 bits per heavy atom. The van der Waals surface area contributed by atoms with Gasteiger partial charge < -0.3 is 14.6 Å². The van der Waals surface area contributed by atoms with Crippen molar-refractivity contribution in [3.05, 3.63) is 23.8 Å². The van der Waals surface area contributed by atoms with Crippen molar-refractivity contribution in [1.82, 2.24) is 0 Å². The number of alkyl halides is 3. The van der Waals surface area contributed by atoms with E-state index in [9.17, 15) is 18.0 Å². The third-order valence-corrected chi connectivity index (χ3v) is 1.71. The standard InChI is InChI=1S/C10H9F3O4/c1-2-16-8-4-3-6(17-10(11,12)13)5-7(8)9(14)15/h3-5H,2H2,1H3,(H,14,15). The molecule has 1 aromatic carbocycles. The molecule has 94 valence electrons. The normalized spacial score (nSPS) is 11.1. The lowest BCUT2D eigenvalue weighted by atomic mass is 10.2. The second kappa shape index (κ2) is 4.94. The van der Waals surface area contributed by atoms with Gasteiger partial charge in [0, 0.05) is 0 Å². The quantitative estimate of drug-likeness (QED) is 0.892. The summed E-state index contributed by atoms with van der Waals surface area (Å²) in [6, 6.07) is 2.87. The molecule has 0 saturated carbocycles. The van der Waals surface area contributed by atoms with E-state index in [-0.39, 0.29) is 17.9 Å². The van der Waals surface area contributed by atoms with Crippen molar-refractivity contribution >= 4 is 5.97 Å². The highest BCUT2D eigenvalue weighted by Crippen LogP contribution is 2.28. The van der Waals surface area contributed by atoms with Crippen LogP contribution in [-0.4, -0.2) is 24.0 Å². The Balaban J connectivity index is 3.05. The number of rotatable bonds is 4. The molecule has 0 bridgehead atoms. The molecular formula is C10H9F3O4. The predicted octanol–water partition coefficient (Wildman–Crippen LogP) is 2.68. The maximum absolute atomic E-state index is 11.9. The minimum absolute atomic E-state index is 0.00507. The Morgan fingerprint density at radius 1 is 1.41 bits per heavy atom. The number of carboxylic acids is 1. The van der Waals surface area contributed by atoms with Gasteiger partial charge in [-0.25, -0.2) is 4.79 Å². The predicted molar refractivity (Wildman–Crippen MR) is 51.3 cm³/mol. The highest BCUT2D eigenvalue weighted by atomic mass is 19.4. The van der Waals surface area contributed by atoms with E-state index in [0.717, 1.165) is 18.2 Å². The number of benzene rings is 1. The lowest BCUT2D eigenvalue weighted by Crippen LogP contribution is -2.17. The Labute approximate surface area is 94.6 Å². The van der Waals surface area contributed by atoms with Crippen molar-refractivity contribution in [2.75, 3.05) is 6.61 Å². The van der Waals surface area contributed by atoms with E-state index >= 15 is 0 Å². The zero-order valence-electron chi connectivity index (χ0n) is 8.75. The summed E-state index contributed by atoms with van der Waals surface area (Å²) in [4.78, 5) is 10.8. The zero-order valence-corrected chi connectivity index (χ0v) is 8.75. The monoisotopic (exact) mass is 250 g/mol. The molecule has 0 saturated heterocycles. The lowest BCUT2D eigenvalue weighted by molar-refractivity contribution is -0.274. The topological polar surface area (TPSA) is 55.8 Å². The van der Waals surface area contributed by atoms with Crippen LogP contribution >= 0.6 is 0 Å². The van der Waals surface area contributed by atoms with Crippen LogP contribution < -0.4 is 9.47 Å². The van der Waals surface area contributed by atoms with Crippen LogP contribution in [0.4, 0.5) is 13.2 Å². The van der Waals surface area contributed by atoms with Crippen LogP contribution in [0, 0.1) is 0 Å². The number of carbonyl (C=O) groups is 1. The van der Waals surface area contributed by atoms with Crippen LogP contribution in [-0.2, 0) is 0 Å². The fraction of sp³-hybridized carbons (Fsp3) is 0.300. The molecule has 0 heterocycles. The highest BCUT2D eigenvalue weighted by Gasteiger charge is 2.31. The van der Waals surface area contributed by atoms with Crippen molar-refractivity contribution in [2.24, 2.45) is 0 Å². The van der Waals surface area contributed by atoms with Crippen LogP contribution in [0.15, 0.2) is 18.2 Å². The van der Waals surface area contributed by atoms with Gasteiger partial charge in [-0.15, -0.1) is 13.2 Å². The van der Waals surface area contributed by atoms with Crippen molar-refractivity contribution in [2.45, 2.75) is 13.3 Å². The smallest absolute Gasteiger partial charge is 0.493 e. The van der Waals surface area contributed by atoms with Crippen LogP contribution in [0.1, 0.15) is 17.3 Å². The number of aromatic carboxylic acids is 1. The van der Waals surface area contributed by atoms with Gasteiger partial charge in [0.2, 0.25) is 0 Å². The average Bonchev–Trinajstić information content (AvgIpc) is 2.18. The Bertz CT molecular complexity index is 415. The SMILES string of the molecule is CCOc1ccc(OC(F)(F)F)cc1C(=O)O. The number of hydrogen-bond donors (Lipinski definition) is 1. The van der Waals surface area contributed by atoms with E-state index in [0.29, 0.717) is 0 Å². The Hall–Kier alpha value is -1.92. The summed E-state index contributed by atoms with van der Waals surface area (Å²) in [6.07, 6.45) is -4.86. The second-order valence-corrected chi connectivity index (χ2v) is 2.94. The van der Waals surface area contributed by atoms with Crippen molar-refractivity contribution in [1.29, 1.82) is 0 Å². The molecule has 0 aromatic heterocycles. The van der Waals surface area contributed by atoms with E-state index in [1.165, 1.54) is 0 Å². The molecule has 0 atom stereocenters. The average molecular weight is 250 g/mol. The molecule has 0 amide bonds. The van der Waals surface area contributed by atoms with Gasteiger partial charge in [-0.3, -0.25) is 0 Å². The number of hydrogen-bond acceptors (Lipinski definition) is 3. The van der Waals surface area contributed by atoms with Gasteiger partial charge >= 0.3 is 12.3 Å². The van der Waals surface area contributed by atoms with Crippen molar-refractivity contribution in [3.63, 3.8) is 0 Å². The van der Waals surface area contributed by atoms with Crippen LogP contribution in [0.2, 0.25) is 0 Å². The van der Waals surface area contributed by atoms with E-state index in [4.69, 9.17) is 9.84 Å². The second-order valence-electron chi connectivity index (χ2n) is 2.94. The highest BCUT2D eigenvalue weighted by molar-refractivity contribution is 5.91. The molecule has 1 N–H and O–H groups in total. The molecule has 7 heteroatoms. The maximum Gasteiger partial charge on any atom is 0.573 e. The van der Waals surface area contributed by atoms with Gasteiger partial charge in [-0.1, -0.05) is 0 Å². The molecule has 0 fully saturated rings. The largest absolute Gasteiger partial charge is 0.573 e. The number of carboxylic acid groups (broad SMARTS) is 1. The molecule has 1 rings (SSSR count). The van der Waals surface area contributed by atoms with Gasteiger partial charge in [0.05, 0.1) is 6.61 Å². The van der Waals surface area contributed by atoms with E-state index in [1.807, 2.05) is 0 Å². The van der Waals surface area contributed by atoms with Gasteiger partial charge in [0.15, 0.2) is 0 Å². The summed E-state index contributed by atoms with van der Waals surface area (Å²) in [5.74, 6) is -1.99. The van der Waals surface area contributed by atoms with E-state index in [1.54, 1.807) is 6.92 Å². The number of halogens is 3. The summed E-state index contributed by atoms with van der Waals surface area (Å²) in [6.45, 7) is 1.84. The summed E-state index contributed by atoms with van der Waals surface area (Å²) >= 11 is 0. The Morgan fingerprint density at radius 2 is 2.06 bits per heavy atom. The first-order valence-electron chi connectivity index (χ1n) is 4.59. The van der Waals surface area contributed by atoms with Crippen LogP contribution in [0.25, 0.3) is 0 Å². The minimum Gasteiger partial charge on any atom is -0.493 e. The molecular weight excluding hydrogens is 241 g/mol. The van der Waals surface area contributed by atoms with Crippen LogP contribution in [0.5, 0.6) is 11.5 Å². The molecule has 0 aliphatic rings. The first-order valence-corrected chi connectivity index (χ1v) is 4.59. The lowest BCUT2D eigenvalue weighted by Gasteiger charge is -2.11. The summed E-state index contributed by atoms with van der Waals surface area (Å²) < 4.78 is 44.3. The zero-order chi connectivity index (χ0) is 13.1. The van der Waals surface area contributed by atoms with Crippen molar-refractivity contribution in [3.8, 4) is 11.5 Å². The van der Waals surface area contributed by atoms with E-state index < -0.39 is 18.1 Å². The molecule has 0 aliphatic heterocycles. The van der Waals surface area contributed by atoms with E-state index in [2.05, 4.69) is 4.74 Å². The van der Waals surface area contributed by atoms with Gasteiger partial charge in [-0.2, -0.15) is 0 Å². The van der Waals surface area contributed by atoms with Crippen molar-refractivity contribution < 1.29 is 32.5 Å².